The normalized spacial score (nSPS) is 38.1. The minimum absolute atomic E-state index is 0.0161. The number of halogens is 1. The summed E-state index contributed by atoms with van der Waals surface area (Å²) < 4.78 is 0. The summed E-state index contributed by atoms with van der Waals surface area (Å²) in [6, 6.07) is 0. The molecule has 19 heavy (non-hydrogen) atoms. The van der Waals surface area contributed by atoms with Gasteiger partial charge in [0.05, 0.1) is 0 Å². The van der Waals surface area contributed by atoms with Gasteiger partial charge in [-0.2, -0.15) is 0 Å². The van der Waals surface area contributed by atoms with E-state index in [0.29, 0.717) is 5.91 Å². The lowest BCUT2D eigenvalue weighted by molar-refractivity contribution is -0.129. The predicted octanol–water partition coefficient (Wildman–Crippen LogP) is 4.27. The molecule has 110 valence electrons. The fourth-order valence-corrected chi connectivity index (χ4v) is 4.47. The highest BCUT2D eigenvalue weighted by Gasteiger charge is 2.42. The average Bonchev–Trinajstić information content (AvgIpc) is 2.72. The van der Waals surface area contributed by atoms with Gasteiger partial charge in [0.25, 0.3) is 0 Å². The molecule has 0 aromatic carbocycles. The molecular formula is C16H28BrNO. The molecule has 2 nitrogen and oxygen atoms in total. The first-order valence-electron chi connectivity index (χ1n) is 7.77. The molecule has 0 saturated heterocycles. The lowest BCUT2D eigenvalue weighted by Gasteiger charge is -2.40. The van der Waals surface area contributed by atoms with E-state index < -0.39 is 0 Å². The van der Waals surface area contributed by atoms with Gasteiger partial charge in [0.1, 0.15) is 0 Å². The van der Waals surface area contributed by atoms with Crippen LogP contribution in [0.4, 0.5) is 0 Å². The SMILES string of the molecule is CC1CCC(CBr)(NC(=O)C2CCCC2(C)C)CC1. The van der Waals surface area contributed by atoms with Crippen molar-refractivity contribution in [2.45, 2.75) is 71.3 Å². The van der Waals surface area contributed by atoms with E-state index in [4.69, 9.17) is 0 Å². The van der Waals surface area contributed by atoms with Gasteiger partial charge < -0.3 is 5.32 Å². The maximum absolute atomic E-state index is 12.6. The van der Waals surface area contributed by atoms with Crippen LogP contribution in [0.2, 0.25) is 0 Å². The summed E-state index contributed by atoms with van der Waals surface area (Å²) >= 11 is 3.64. The Morgan fingerprint density at radius 1 is 1.21 bits per heavy atom. The summed E-state index contributed by atoms with van der Waals surface area (Å²) in [5.41, 5.74) is 0.196. The van der Waals surface area contributed by atoms with Crippen LogP contribution in [0.3, 0.4) is 0 Å². The van der Waals surface area contributed by atoms with Crippen molar-refractivity contribution in [3.05, 3.63) is 0 Å². The van der Waals surface area contributed by atoms with E-state index in [-0.39, 0.29) is 16.9 Å². The van der Waals surface area contributed by atoms with E-state index >= 15 is 0 Å². The van der Waals surface area contributed by atoms with Gasteiger partial charge in [0.2, 0.25) is 5.91 Å². The number of amides is 1. The third kappa shape index (κ3) is 3.34. The standard InChI is InChI=1S/C16H28BrNO/c1-12-6-9-16(11-17,10-7-12)18-14(19)13-5-4-8-15(13,2)3/h12-13H,4-11H2,1-3H3,(H,18,19). The van der Waals surface area contributed by atoms with Crippen molar-refractivity contribution in [1.82, 2.24) is 5.32 Å². The monoisotopic (exact) mass is 329 g/mol. The highest BCUT2D eigenvalue weighted by Crippen LogP contribution is 2.43. The van der Waals surface area contributed by atoms with Gasteiger partial charge in [-0.05, 0) is 49.9 Å². The lowest BCUT2D eigenvalue weighted by Crippen LogP contribution is -2.54. The summed E-state index contributed by atoms with van der Waals surface area (Å²) in [6.45, 7) is 6.81. The van der Waals surface area contributed by atoms with Crippen molar-refractivity contribution in [1.29, 1.82) is 0 Å². The molecule has 0 aromatic rings. The van der Waals surface area contributed by atoms with Crippen LogP contribution in [-0.2, 0) is 4.79 Å². The summed E-state index contributed by atoms with van der Waals surface area (Å²) in [4.78, 5) is 12.6. The van der Waals surface area contributed by atoms with E-state index in [9.17, 15) is 4.79 Å². The van der Waals surface area contributed by atoms with E-state index in [0.717, 1.165) is 30.5 Å². The van der Waals surface area contributed by atoms with Gasteiger partial charge in [0.15, 0.2) is 0 Å². The number of nitrogens with one attached hydrogen (secondary N) is 1. The molecule has 2 aliphatic carbocycles. The summed E-state index contributed by atoms with van der Waals surface area (Å²) in [7, 11) is 0. The molecule has 3 heteroatoms. The van der Waals surface area contributed by atoms with Gasteiger partial charge in [-0.15, -0.1) is 0 Å². The smallest absolute Gasteiger partial charge is 0.224 e. The Morgan fingerprint density at radius 2 is 1.84 bits per heavy atom. The van der Waals surface area contributed by atoms with E-state index in [1.807, 2.05) is 0 Å². The molecule has 2 rings (SSSR count). The van der Waals surface area contributed by atoms with Crippen LogP contribution in [0.1, 0.15) is 65.7 Å². The van der Waals surface area contributed by atoms with Crippen LogP contribution in [-0.4, -0.2) is 16.8 Å². The fourth-order valence-electron chi connectivity index (χ4n) is 3.77. The molecule has 0 spiro atoms. The highest BCUT2D eigenvalue weighted by atomic mass is 79.9. The molecule has 0 radical (unpaired) electrons. The third-order valence-corrected chi connectivity index (χ3v) is 6.52. The van der Waals surface area contributed by atoms with Crippen LogP contribution in [0, 0.1) is 17.3 Å². The second-order valence-electron chi connectivity index (χ2n) is 7.52. The molecule has 1 amide bonds. The van der Waals surface area contributed by atoms with Crippen molar-refractivity contribution in [3.63, 3.8) is 0 Å². The van der Waals surface area contributed by atoms with E-state index in [1.54, 1.807) is 0 Å². The zero-order valence-electron chi connectivity index (χ0n) is 12.6. The second-order valence-corrected chi connectivity index (χ2v) is 8.08. The maximum atomic E-state index is 12.6. The Bertz CT molecular complexity index is 332. The van der Waals surface area contributed by atoms with Gasteiger partial charge in [-0.3, -0.25) is 4.79 Å². The number of hydrogen-bond donors (Lipinski definition) is 1. The second kappa shape index (κ2) is 5.75. The quantitative estimate of drug-likeness (QED) is 0.769. The summed E-state index contributed by atoms with van der Waals surface area (Å²) in [5, 5.41) is 4.31. The molecule has 0 heterocycles. The van der Waals surface area contributed by atoms with Crippen molar-refractivity contribution in [2.75, 3.05) is 5.33 Å². The number of alkyl halides is 1. The van der Waals surface area contributed by atoms with Crippen LogP contribution in [0.15, 0.2) is 0 Å². The van der Waals surface area contributed by atoms with E-state index in [1.165, 1.54) is 25.7 Å². The molecular weight excluding hydrogens is 302 g/mol. The van der Waals surface area contributed by atoms with Crippen LogP contribution in [0.25, 0.3) is 0 Å². The predicted molar refractivity (Wildman–Crippen MR) is 83.4 cm³/mol. The Hall–Kier alpha value is -0.0500. The van der Waals surface area contributed by atoms with Gasteiger partial charge >= 0.3 is 0 Å². The molecule has 0 aromatic heterocycles. The van der Waals surface area contributed by atoms with Gasteiger partial charge in [-0.25, -0.2) is 0 Å². The first kappa shape index (κ1) is 15.3. The number of rotatable bonds is 3. The zero-order chi connectivity index (χ0) is 14.1. The van der Waals surface area contributed by atoms with Crippen LogP contribution < -0.4 is 5.32 Å². The van der Waals surface area contributed by atoms with Crippen molar-refractivity contribution < 1.29 is 4.79 Å². The molecule has 2 aliphatic rings. The fraction of sp³-hybridized carbons (Fsp3) is 0.938. The first-order valence-corrected chi connectivity index (χ1v) is 8.89. The Labute approximate surface area is 126 Å². The average molecular weight is 330 g/mol. The molecule has 1 atom stereocenters. The molecule has 2 fully saturated rings. The van der Waals surface area contributed by atoms with Gasteiger partial charge in [0, 0.05) is 16.8 Å². The lowest BCUT2D eigenvalue weighted by atomic mass is 9.76. The maximum Gasteiger partial charge on any atom is 0.224 e. The number of carbonyl (C=O) groups is 1. The molecule has 1 N–H and O–H groups in total. The summed E-state index contributed by atoms with van der Waals surface area (Å²) in [5.74, 6) is 1.33. The van der Waals surface area contributed by atoms with Crippen LogP contribution >= 0.6 is 15.9 Å². The largest absolute Gasteiger partial charge is 0.350 e. The molecule has 0 aliphatic heterocycles. The Morgan fingerprint density at radius 3 is 2.32 bits per heavy atom. The highest BCUT2D eigenvalue weighted by molar-refractivity contribution is 9.09. The zero-order valence-corrected chi connectivity index (χ0v) is 14.2. The van der Waals surface area contributed by atoms with Gasteiger partial charge in [-0.1, -0.05) is 43.1 Å². The first-order chi connectivity index (χ1) is 8.88. The topological polar surface area (TPSA) is 29.1 Å². The van der Waals surface area contributed by atoms with Crippen molar-refractivity contribution in [3.8, 4) is 0 Å². The molecule has 0 bridgehead atoms. The summed E-state index contributed by atoms with van der Waals surface area (Å²) in [6.07, 6.45) is 8.16. The molecule has 1 unspecified atom stereocenters. The Balaban J connectivity index is 2.00. The van der Waals surface area contributed by atoms with Crippen molar-refractivity contribution in [2.24, 2.45) is 17.3 Å². The minimum Gasteiger partial charge on any atom is -0.350 e. The van der Waals surface area contributed by atoms with E-state index in [2.05, 4.69) is 42.0 Å². The Kier molecular flexibility index (Phi) is 4.64. The van der Waals surface area contributed by atoms with Crippen LogP contribution in [0.5, 0.6) is 0 Å². The number of hydrogen-bond acceptors (Lipinski definition) is 1. The van der Waals surface area contributed by atoms with Crippen molar-refractivity contribution >= 4 is 21.8 Å². The third-order valence-electron chi connectivity index (χ3n) is 5.45. The number of carbonyl (C=O) groups excluding carboxylic acids is 1. The molecule has 2 saturated carbocycles. The minimum atomic E-state index is 0.0161.